The van der Waals surface area contributed by atoms with Crippen molar-refractivity contribution in [2.24, 2.45) is 28.6 Å². The Labute approximate surface area is 233 Å². The lowest BCUT2D eigenvalue weighted by Crippen LogP contribution is -2.51. The summed E-state index contributed by atoms with van der Waals surface area (Å²) in [5, 5.41) is 25.0. The number of carboxylic acids is 1. The minimum absolute atomic E-state index is 0.00665. The Morgan fingerprint density at radius 3 is 2.40 bits per heavy atom. The Balaban J connectivity index is 1.28. The number of carbonyl (C=O) groups excluding carboxylic acids is 2. The molecule has 0 aliphatic heterocycles. The number of benzene rings is 1. The van der Waals surface area contributed by atoms with Gasteiger partial charge in [-0.05, 0) is 81.1 Å². The molecule has 0 heterocycles. The molecule has 5 rings (SSSR count). The van der Waals surface area contributed by atoms with Gasteiger partial charge >= 0.3 is 5.97 Å². The molecule has 4 aliphatic carbocycles. The number of nitrogens with one attached hydrogen (secondary N) is 2. The van der Waals surface area contributed by atoms with Crippen LogP contribution < -0.4 is 20.1 Å². The molecule has 0 saturated heterocycles. The van der Waals surface area contributed by atoms with Gasteiger partial charge in [-0.15, -0.1) is 0 Å². The van der Waals surface area contributed by atoms with E-state index in [0.717, 1.165) is 38.2 Å². The Kier molecular flexibility index (Phi) is 7.68. The standard InChI is InChI=1S/C30H38FN3O6/c1-29(8-3-9-29)16-33-27(36)24-17-4-5-18(12-17)25(24)34-26(35)20-13-23(21(31)14-22(20)39-2)40-19-6-10-30(15-32,11-7-19)28(37)38/h13-14,17-19,24-25H,3-12,16H2,1-2H3,(H,33,36)(H,34,35)(H,37,38). The summed E-state index contributed by atoms with van der Waals surface area (Å²) in [5.74, 6) is -2.26. The predicted octanol–water partition coefficient (Wildman–Crippen LogP) is 4.20. The quantitative estimate of drug-likeness (QED) is 0.415. The van der Waals surface area contributed by atoms with Crippen molar-refractivity contribution in [1.29, 1.82) is 5.26 Å². The van der Waals surface area contributed by atoms with Crippen LogP contribution >= 0.6 is 0 Å². The third-order valence-corrected chi connectivity index (χ3v) is 9.97. The van der Waals surface area contributed by atoms with E-state index in [-0.39, 0.29) is 77.9 Å². The van der Waals surface area contributed by atoms with E-state index < -0.39 is 29.2 Å². The highest BCUT2D eigenvalue weighted by molar-refractivity contribution is 5.98. The molecule has 2 bridgehead atoms. The fourth-order valence-corrected chi connectivity index (χ4v) is 7.21. The zero-order chi connectivity index (χ0) is 28.7. The fraction of sp³-hybridized carbons (Fsp3) is 0.667. The number of fused-ring (bicyclic) bond motifs is 2. The Hall–Kier alpha value is -3.35. The number of methoxy groups -OCH3 is 1. The first-order valence-electron chi connectivity index (χ1n) is 14.4. The van der Waals surface area contributed by atoms with Crippen molar-refractivity contribution in [2.75, 3.05) is 13.7 Å². The number of nitriles is 1. The van der Waals surface area contributed by atoms with E-state index in [4.69, 9.17) is 9.47 Å². The van der Waals surface area contributed by atoms with E-state index in [1.165, 1.54) is 19.6 Å². The second-order valence-corrected chi connectivity index (χ2v) is 12.5. The minimum atomic E-state index is -1.46. The highest BCUT2D eigenvalue weighted by Gasteiger charge is 2.52. The van der Waals surface area contributed by atoms with Crippen molar-refractivity contribution in [2.45, 2.75) is 83.3 Å². The Bertz CT molecular complexity index is 1220. The Morgan fingerprint density at radius 2 is 1.80 bits per heavy atom. The van der Waals surface area contributed by atoms with E-state index in [0.29, 0.717) is 6.54 Å². The summed E-state index contributed by atoms with van der Waals surface area (Å²) in [6, 6.07) is 4.01. The van der Waals surface area contributed by atoms with E-state index in [2.05, 4.69) is 17.6 Å². The van der Waals surface area contributed by atoms with Crippen LogP contribution in [0, 0.1) is 45.7 Å². The molecule has 4 saturated carbocycles. The second kappa shape index (κ2) is 10.9. The van der Waals surface area contributed by atoms with E-state index in [1.54, 1.807) is 0 Å². The summed E-state index contributed by atoms with van der Waals surface area (Å²) in [5.41, 5.74) is -1.19. The summed E-state index contributed by atoms with van der Waals surface area (Å²) in [6.45, 7) is 2.84. The van der Waals surface area contributed by atoms with Gasteiger partial charge in [0.05, 0.1) is 30.8 Å². The number of amides is 2. The maximum absolute atomic E-state index is 15.0. The molecule has 216 valence electrons. The summed E-state index contributed by atoms with van der Waals surface area (Å²) in [4.78, 5) is 38.4. The van der Waals surface area contributed by atoms with Gasteiger partial charge < -0.3 is 25.2 Å². The van der Waals surface area contributed by atoms with Gasteiger partial charge in [-0.1, -0.05) is 13.3 Å². The summed E-state index contributed by atoms with van der Waals surface area (Å²) >= 11 is 0. The first-order valence-corrected chi connectivity index (χ1v) is 14.4. The van der Waals surface area contributed by atoms with Gasteiger partial charge in [0.2, 0.25) is 5.91 Å². The van der Waals surface area contributed by atoms with Crippen molar-refractivity contribution in [3.8, 4) is 17.6 Å². The highest BCUT2D eigenvalue weighted by Crippen LogP contribution is 2.49. The smallest absolute Gasteiger partial charge is 0.324 e. The lowest BCUT2D eigenvalue weighted by molar-refractivity contribution is -0.147. The van der Waals surface area contributed by atoms with Crippen molar-refractivity contribution < 1.29 is 33.4 Å². The van der Waals surface area contributed by atoms with E-state index >= 15 is 0 Å². The molecule has 0 spiro atoms. The van der Waals surface area contributed by atoms with Gasteiger partial charge in [-0.25, -0.2) is 4.39 Å². The lowest BCUT2D eigenvalue weighted by Gasteiger charge is -2.39. The second-order valence-electron chi connectivity index (χ2n) is 12.5. The molecule has 2 amide bonds. The van der Waals surface area contributed by atoms with Gasteiger partial charge in [0.1, 0.15) is 5.75 Å². The predicted molar refractivity (Wildman–Crippen MR) is 142 cm³/mol. The number of ether oxygens (including phenoxy) is 2. The summed E-state index contributed by atoms with van der Waals surface area (Å²) in [7, 11) is 1.36. The van der Waals surface area contributed by atoms with Crippen LogP contribution in [0.15, 0.2) is 12.1 Å². The molecule has 4 unspecified atom stereocenters. The molecule has 3 N–H and O–H groups in total. The first kappa shape index (κ1) is 28.2. The maximum Gasteiger partial charge on any atom is 0.324 e. The average Bonchev–Trinajstić information content (AvgIpc) is 3.54. The molecular weight excluding hydrogens is 517 g/mol. The van der Waals surface area contributed by atoms with Crippen LogP contribution in [0.2, 0.25) is 0 Å². The summed E-state index contributed by atoms with van der Waals surface area (Å²) < 4.78 is 26.2. The molecule has 0 aromatic heterocycles. The molecule has 1 aromatic rings. The number of hydrogen-bond acceptors (Lipinski definition) is 6. The molecular formula is C30H38FN3O6. The third-order valence-electron chi connectivity index (χ3n) is 9.97. The molecule has 1 aromatic carbocycles. The van der Waals surface area contributed by atoms with Crippen LogP contribution in [0.5, 0.6) is 11.5 Å². The molecule has 4 fully saturated rings. The number of halogens is 1. The van der Waals surface area contributed by atoms with Crippen LogP contribution in [0.4, 0.5) is 4.39 Å². The normalized spacial score (nSPS) is 31.9. The number of carbonyl (C=O) groups is 3. The topological polar surface area (TPSA) is 138 Å². The monoisotopic (exact) mass is 555 g/mol. The average molecular weight is 556 g/mol. The number of carboxylic acid groups (broad SMARTS) is 1. The zero-order valence-electron chi connectivity index (χ0n) is 23.1. The van der Waals surface area contributed by atoms with Gasteiger partial charge in [-0.3, -0.25) is 14.4 Å². The van der Waals surface area contributed by atoms with Crippen LogP contribution in [0.1, 0.15) is 81.5 Å². The van der Waals surface area contributed by atoms with Crippen LogP contribution in [-0.4, -0.2) is 48.7 Å². The minimum Gasteiger partial charge on any atom is -0.496 e. The van der Waals surface area contributed by atoms with Crippen molar-refractivity contribution in [1.82, 2.24) is 10.6 Å². The number of rotatable bonds is 9. The SMILES string of the molecule is COc1cc(F)c(OC2CCC(C#N)(C(=O)O)CC2)cc1C(=O)NC1C2CCC(C2)C1C(=O)NCC1(C)CCC1. The van der Waals surface area contributed by atoms with Gasteiger partial charge in [0, 0.05) is 18.7 Å². The summed E-state index contributed by atoms with van der Waals surface area (Å²) in [6.07, 6.45) is 6.48. The molecule has 4 aliphatic rings. The van der Waals surface area contributed by atoms with E-state index in [9.17, 15) is 29.1 Å². The van der Waals surface area contributed by atoms with Crippen molar-refractivity contribution in [3.05, 3.63) is 23.5 Å². The van der Waals surface area contributed by atoms with Crippen molar-refractivity contribution in [3.63, 3.8) is 0 Å². The van der Waals surface area contributed by atoms with Gasteiger partial charge in [-0.2, -0.15) is 5.26 Å². The number of nitrogens with zero attached hydrogens (tertiary/aromatic N) is 1. The zero-order valence-corrected chi connectivity index (χ0v) is 23.1. The van der Waals surface area contributed by atoms with Gasteiger partial charge in [0.25, 0.3) is 5.91 Å². The Morgan fingerprint density at radius 1 is 1.10 bits per heavy atom. The van der Waals surface area contributed by atoms with Crippen LogP contribution in [-0.2, 0) is 9.59 Å². The van der Waals surface area contributed by atoms with Crippen LogP contribution in [0.3, 0.4) is 0 Å². The largest absolute Gasteiger partial charge is 0.496 e. The molecule has 9 nitrogen and oxygen atoms in total. The lowest BCUT2D eigenvalue weighted by atomic mass is 9.70. The van der Waals surface area contributed by atoms with E-state index in [1.807, 2.05) is 6.07 Å². The third kappa shape index (κ3) is 5.23. The van der Waals surface area contributed by atoms with Crippen molar-refractivity contribution >= 4 is 17.8 Å². The first-order chi connectivity index (χ1) is 19.1. The van der Waals surface area contributed by atoms with Gasteiger partial charge in [0.15, 0.2) is 17.0 Å². The molecule has 40 heavy (non-hydrogen) atoms. The van der Waals surface area contributed by atoms with Crippen LogP contribution in [0.25, 0.3) is 0 Å². The maximum atomic E-state index is 15.0. The number of hydrogen-bond donors (Lipinski definition) is 3. The molecule has 0 radical (unpaired) electrons. The molecule has 4 atom stereocenters. The highest BCUT2D eigenvalue weighted by atomic mass is 19.1. The number of aliphatic carboxylic acids is 1. The fourth-order valence-electron chi connectivity index (χ4n) is 7.21. The molecule has 10 heteroatoms.